The number of carbonyl (C=O) groups is 1. The van der Waals surface area contributed by atoms with Crippen molar-refractivity contribution in [3.63, 3.8) is 0 Å². The van der Waals surface area contributed by atoms with Crippen molar-refractivity contribution in [2.45, 2.75) is 24.9 Å². The molecule has 0 aromatic heterocycles. The van der Waals surface area contributed by atoms with Crippen LogP contribution in [0.1, 0.15) is 16.7 Å². The minimum absolute atomic E-state index is 0.0164. The van der Waals surface area contributed by atoms with Crippen molar-refractivity contribution >= 4 is 44.9 Å². The van der Waals surface area contributed by atoms with E-state index >= 15 is 0 Å². The van der Waals surface area contributed by atoms with Crippen molar-refractivity contribution in [2.24, 2.45) is 0 Å². The van der Waals surface area contributed by atoms with E-state index in [1.807, 2.05) is 55.5 Å². The Labute approximate surface area is 185 Å². The van der Waals surface area contributed by atoms with Crippen LogP contribution in [0, 0.1) is 6.92 Å². The maximum atomic E-state index is 13.4. The second-order valence-corrected chi connectivity index (χ2v) is 9.73. The Morgan fingerprint density at radius 3 is 2.27 bits per heavy atom. The maximum Gasteiger partial charge on any atom is 0.339 e. The predicted molar refractivity (Wildman–Crippen MR) is 118 cm³/mol. The quantitative estimate of drug-likeness (QED) is 0.506. The molecule has 0 atom stereocenters. The molecule has 0 unspecified atom stereocenters. The Morgan fingerprint density at radius 1 is 0.867 bits per heavy atom. The van der Waals surface area contributed by atoms with Crippen molar-refractivity contribution in [3.05, 3.63) is 93.5 Å². The molecule has 154 valence electrons. The number of benzene rings is 3. The van der Waals surface area contributed by atoms with Crippen molar-refractivity contribution < 1.29 is 13.2 Å². The highest BCUT2D eigenvalue weighted by Gasteiger charge is 2.43. The van der Waals surface area contributed by atoms with Gasteiger partial charge in [-0.2, -0.15) is 0 Å². The Morgan fingerprint density at radius 2 is 1.57 bits per heavy atom. The fraction of sp³-hybridized carbons (Fsp3) is 0.136. The second kappa shape index (κ2) is 7.95. The summed E-state index contributed by atoms with van der Waals surface area (Å²) in [7, 11) is -4.16. The van der Waals surface area contributed by atoms with Gasteiger partial charge in [-0.3, -0.25) is 4.90 Å². The molecule has 0 fully saturated rings. The van der Waals surface area contributed by atoms with E-state index in [1.54, 1.807) is 6.07 Å². The molecular formula is C22H18Cl2N2O3S. The molecule has 4 rings (SSSR count). The maximum absolute atomic E-state index is 13.4. The first-order chi connectivity index (χ1) is 14.3. The number of hydrogen-bond donors (Lipinski definition) is 0. The number of carbonyl (C=O) groups excluding carboxylic acids is 1. The summed E-state index contributed by atoms with van der Waals surface area (Å²) < 4.78 is 27.6. The Bertz CT molecular complexity index is 1230. The normalized spacial score (nSPS) is 15.2. The number of nitrogens with zero attached hydrogens (tertiary/aromatic N) is 2. The van der Waals surface area contributed by atoms with Gasteiger partial charge in [-0.05, 0) is 30.2 Å². The lowest BCUT2D eigenvalue weighted by Crippen LogP contribution is -2.50. The van der Waals surface area contributed by atoms with E-state index in [2.05, 4.69) is 0 Å². The molecule has 8 heteroatoms. The van der Waals surface area contributed by atoms with Gasteiger partial charge in [-0.25, -0.2) is 17.5 Å². The molecule has 1 heterocycles. The lowest BCUT2D eigenvalue weighted by molar-refractivity contribution is 0.226. The van der Waals surface area contributed by atoms with E-state index in [0.717, 1.165) is 15.4 Å². The van der Waals surface area contributed by atoms with Crippen molar-refractivity contribution in [3.8, 4) is 0 Å². The Kier molecular flexibility index (Phi) is 5.49. The molecule has 0 radical (unpaired) electrons. The van der Waals surface area contributed by atoms with Crippen LogP contribution in [0.4, 0.5) is 10.5 Å². The number of fused-ring (bicyclic) bond motifs is 1. The average molecular weight is 461 g/mol. The highest BCUT2D eigenvalue weighted by molar-refractivity contribution is 7.90. The van der Waals surface area contributed by atoms with Gasteiger partial charge in [0.25, 0.3) is 10.0 Å². The standard InChI is InChI=1S/C22H18Cl2N2O3S/c1-15-6-5-9-17(10-15)14-26-22(27)25(13-16-7-3-2-4-8-16)20-12-18(23)11-19(24)21(20)30(26,28)29/h2-12H,13-14H2,1H3. The van der Waals surface area contributed by atoms with Gasteiger partial charge in [-0.1, -0.05) is 83.4 Å². The summed E-state index contributed by atoms with van der Waals surface area (Å²) in [5, 5.41) is 0.240. The molecular weight excluding hydrogens is 443 g/mol. The number of hydrogen-bond acceptors (Lipinski definition) is 3. The first kappa shape index (κ1) is 20.7. The van der Waals surface area contributed by atoms with Crippen LogP contribution in [0.5, 0.6) is 0 Å². The van der Waals surface area contributed by atoms with Gasteiger partial charge in [0, 0.05) is 5.02 Å². The average Bonchev–Trinajstić information content (AvgIpc) is 2.69. The van der Waals surface area contributed by atoms with Crippen molar-refractivity contribution in [2.75, 3.05) is 4.90 Å². The van der Waals surface area contributed by atoms with Gasteiger partial charge < -0.3 is 0 Å². The zero-order valence-corrected chi connectivity index (χ0v) is 18.4. The van der Waals surface area contributed by atoms with Crippen LogP contribution in [0.3, 0.4) is 0 Å². The topological polar surface area (TPSA) is 57.7 Å². The third-order valence-electron chi connectivity index (χ3n) is 4.86. The Balaban J connectivity index is 1.85. The van der Waals surface area contributed by atoms with Crippen LogP contribution < -0.4 is 4.90 Å². The molecule has 3 aromatic carbocycles. The fourth-order valence-corrected chi connectivity index (χ4v) is 5.86. The third-order valence-corrected chi connectivity index (χ3v) is 7.30. The molecule has 3 aromatic rings. The SMILES string of the molecule is Cc1cccc(CN2C(=O)N(Cc3ccccc3)c3cc(Cl)cc(Cl)c3S2(=O)=O)c1. The summed E-state index contributed by atoms with van der Waals surface area (Å²) in [6.45, 7) is 2.00. The van der Waals surface area contributed by atoms with Gasteiger partial charge in [0.15, 0.2) is 0 Å². The first-order valence-corrected chi connectivity index (χ1v) is 11.4. The van der Waals surface area contributed by atoms with Crippen molar-refractivity contribution in [1.82, 2.24) is 4.31 Å². The van der Waals surface area contributed by atoms with Gasteiger partial charge in [-0.15, -0.1) is 0 Å². The molecule has 2 amide bonds. The third kappa shape index (κ3) is 3.78. The lowest BCUT2D eigenvalue weighted by Gasteiger charge is -2.37. The molecule has 0 saturated heterocycles. The van der Waals surface area contributed by atoms with Crippen LogP contribution in [0.25, 0.3) is 0 Å². The van der Waals surface area contributed by atoms with Crippen LogP contribution in [0.15, 0.2) is 71.6 Å². The Hall–Kier alpha value is -2.54. The zero-order valence-electron chi connectivity index (χ0n) is 16.0. The van der Waals surface area contributed by atoms with Crippen LogP contribution >= 0.6 is 23.2 Å². The van der Waals surface area contributed by atoms with Crippen molar-refractivity contribution in [1.29, 1.82) is 0 Å². The molecule has 0 aliphatic carbocycles. The van der Waals surface area contributed by atoms with E-state index in [9.17, 15) is 13.2 Å². The van der Waals surface area contributed by atoms with Gasteiger partial charge in [0.2, 0.25) is 0 Å². The molecule has 1 aliphatic rings. The van der Waals surface area contributed by atoms with E-state index in [-0.39, 0.29) is 33.7 Å². The number of sulfonamides is 1. The van der Waals surface area contributed by atoms with E-state index < -0.39 is 16.1 Å². The monoisotopic (exact) mass is 460 g/mol. The molecule has 0 spiro atoms. The predicted octanol–water partition coefficient (Wildman–Crippen LogP) is 5.63. The smallest absolute Gasteiger partial charge is 0.288 e. The van der Waals surface area contributed by atoms with Gasteiger partial charge in [0.05, 0.1) is 23.8 Å². The number of urea groups is 1. The van der Waals surface area contributed by atoms with Crippen LogP contribution in [-0.2, 0) is 23.1 Å². The van der Waals surface area contributed by atoms with Crippen LogP contribution in [-0.4, -0.2) is 18.8 Å². The summed E-state index contributed by atoms with van der Waals surface area (Å²) >= 11 is 12.5. The molecule has 0 N–H and O–H groups in total. The summed E-state index contributed by atoms with van der Waals surface area (Å²) in [4.78, 5) is 14.7. The zero-order chi connectivity index (χ0) is 21.5. The van der Waals surface area contributed by atoms with E-state index in [1.165, 1.54) is 17.0 Å². The number of halogens is 2. The van der Waals surface area contributed by atoms with Gasteiger partial charge in [0.1, 0.15) is 4.90 Å². The lowest BCUT2D eigenvalue weighted by atomic mass is 10.1. The summed E-state index contributed by atoms with van der Waals surface area (Å²) in [6, 6.07) is 18.9. The first-order valence-electron chi connectivity index (χ1n) is 9.20. The minimum atomic E-state index is -4.16. The number of amides is 2. The minimum Gasteiger partial charge on any atom is -0.288 e. The van der Waals surface area contributed by atoms with Gasteiger partial charge >= 0.3 is 6.03 Å². The summed E-state index contributed by atoms with van der Waals surface area (Å²) in [5.41, 5.74) is 2.71. The highest BCUT2D eigenvalue weighted by Crippen LogP contribution is 2.42. The number of aryl methyl sites for hydroxylation is 1. The number of rotatable bonds is 4. The molecule has 0 bridgehead atoms. The largest absolute Gasteiger partial charge is 0.339 e. The highest BCUT2D eigenvalue weighted by atomic mass is 35.5. The van der Waals surface area contributed by atoms with Crippen LogP contribution in [0.2, 0.25) is 10.0 Å². The van der Waals surface area contributed by atoms with E-state index in [4.69, 9.17) is 23.2 Å². The second-order valence-electron chi connectivity index (χ2n) is 7.09. The molecule has 1 aliphatic heterocycles. The molecule has 30 heavy (non-hydrogen) atoms. The molecule has 0 saturated carbocycles. The summed E-state index contributed by atoms with van der Waals surface area (Å²) in [5.74, 6) is 0. The summed E-state index contributed by atoms with van der Waals surface area (Å²) in [6.07, 6.45) is 0. The number of anilines is 1. The molecule has 5 nitrogen and oxygen atoms in total. The van der Waals surface area contributed by atoms with E-state index in [0.29, 0.717) is 5.56 Å². The fourth-order valence-electron chi connectivity index (χ4n) is 3.50.